The van der Waals surface area contributed by atoms with E-state index in [-0.39, 0.29) is 29.3 Å². The van der Waals surface area contributed by atoms with Crippen molar-refractivity contribution in [2.24, 2.45) is 10.3 Å². The molecule has 0 aromatic heterocycles. The van der Waals surface area contributed by atoms with E-state index in [0.29, 0.717) is 23.1 Å². The Morgan fingerprint density at radius 3 is 2.56 bits per heavy atom. The number of ether oxygens (including phenoxy) is 1. The third-order valence-electron chi connectivity index (χ3n) is 4.77. The number of carbonyl (C=O) groups is 1. The van der Waals surface area contributed by atoms with Crippen LogP contribution in [0.4, 0.5) is 0 Å². The number of carbonyl (C=O) groups excluding carboxylic acids is 1. The summed E-state index contributed by atoms with van der Waals surface area (Å²) in [4.78, 5) is 18.3. The van der Waals surface area contributed by atoms with Crippen molar-refractivity contribution in [3.8, 4) is 5.75 Å². The number of hydrogen-bond acceptors (Lipinski definition) is 7. The molecule has 2 aromatic rings. The number of nitrogens with one attached hydrogen (secondary N) is 1. The Labute approximate surface area is 194 Å². The maximum Gasteiger partial charge on any atom is 0.269 e. The highest BCUT2D eigenvalue weighted by atomic mass is 79.9. The summed E-state index contributed by atoms with van der Waals surface area (Å²) in [5.41, 5.74) is 1.57. The molecule has 1 amide bonds. The number of sulfonamides is 1. The van der Waals surface area contributed by atoms with Crippen LogP contribution in [0.15, 0.2) is 57.0 Å². The molecule has 1 fully saturated rings. The number of primary sulfonamides is 1. The molecule has 1 unspecified atom stereocenters. The summed E-state index contributed by atoms with van der Waals surface area (Å²) in [6, 6.07) is 10.8. The van der Waals surface area contributed by atoms with Crippen molar-refractivity contribution in [2.45, 2.75) is 43.4 Å². The number of oxime groups is 1. The van der Waals surface area contributed by atoms with Crippen molar-refractivity contribution in [3.63, 3.8) is 0 Å². The van der Waals surface area contributed by atoms with Crippen LogP contribution in [-0.2, 0) is 37.4 Å². The molecule has 1 aliphatic rings. The Hall–Kier alpha value is -2.47. The maximum atomic E-state index is 12.8. The first-order valence-electron chi connectivity index (χ1n) is 9.94. The fourth-order valence-corrected chi connectivity index (χ4v) is 3.95. The Balaban J connectivity index is 1.70. The molecule has 0 bridgehead atoms. The van der Waals surface area contributed by atoms with E-state index in [1.807, 2.05) is 0 Å². The minimum absolute atomic E-state index is 0.00591. The van der Waals surface area contributed by atoms with Crippen molar-refractivity contribution in [2.75, 3.05) is 6.61 Å². The molecule has 1 saturated heterocycles. The van der Waals surface area contributed by atoms with Crippen LogP contribution in [0.3, 0.4) is 0 Å². The number of nitrogens with two attached hydrogens (primary N) is 1. The Morgan fingerprint density at radius 2 is 1.94 bits per heavy atom. The van der Waals surface area contributed by atoms with Gasteiger partial charge >= 0.3 is 0 Å². The lowest BCUT2D eigenvalue weighted by molar-refractivity contribution is -0.162. The summed E-state index contributed by atoms with van der Waals surface area (Å²) in [7, 11) is -3.78. The van der Waals surface area contributed by atoms with E-state index in [1.54, 1.807) is 24.3 Å². The number of benzene rings is 2. The largest absolute Gasteiger partial charge is 0.507 e. The van der Waals surface area contributed by atoms with E-state index >= 15 is 0 Å². The van der Waals surface area contributed by atoms with Crippen molar-refractivity contribution < 1.29 is 27.9 Å². The zero-order chi connectivity index (χ0) is 23.1. The topological polar surface area (TPSA) is 140 Å². The molecule has 0 saturated carbocycles. The molecule has 9 nitrogen and oxygen atoms in total. The summed E-state index contributed by atoms with van der Waals surface area (Å²) in [6.45, 7) is 0.739. The molecule has 1 atom stereocenters. The van der Waals surface area contributed by atoms with Gasteiger partial charge in [0.05, 0.1) is 16.0 Å². The maximum absolute atomic E-state index is 12.8. The second kappa shape index (κ2) is 10.9. The average Bonchev–Trinajstić information content (AvgIpc) is 2.77. The van der Waals surface area contributed by atoms with Gasteiger partial charge in [-0.3, -0.25) is 4.79 Å². The zero-order valence-electron chi connectivity index (χ0n) is 17.2. The molecule has 32 heavy (non-hydrogen) atoms. The van der Waals surface area contributed by atoms with Crippen LogP contribution in [0.25, 0.3) is 0 Å². The highest BCUT2D eigenvalue weighted by Crippen LogP contribution is 2.24. The van der Waals surface area contributed by atoms with E-state index < -0.39 is 22.2 Å². The number of phenols is 1. The van der Waals surface area contributed by atoms with Gasteiger partial charge in [0.2, 0.25) is 16.3 Å². The quantitative estimate of drug-likeness (QED) is 0.357. The highest BCUT2D eigenvalue weighted by molar-refractivity contribution is 9.10. The number of rotatable bonds is 8. The second-order valence-electron chi connectivity index (χ2n) is 7.27. The molecule has 4 N–H and O–H groups in total. The van der Waals surface area contributed by atoms with Gasteiger partial charge in [-0.25, -0.2) is 13.6 Å². The predicted octanol–water partition coefficient (Wildman–Crippen LogP) is 2.56. The summed E-state index contributed by atoms with van der Waals surface area (Å²) in [6.07, 6.45) is 2.29. The van der Waals surface area contributed by atoms with E-state index in [9.17, 15) is 18.3 Å². The van der Waals surface area contributed by atoms with Gasteiger partial charge in [0.15, 0.2) is 0 Å². The Morgan fingerprint density at radius 1 is 1.22 bits per heavy atom. The minimum Gasteiger partial charge on any atom is -0.507 e. The van der Waals surface area contributed by atoms with Crippen LogP contribution in [0.2, 0.25) is 0 Å². The molecule has 11 heteroatoms. The van der Waals surface area contributed by atoms with E-state index in [1.165, 1.54) is 18.2 Å². The first-order chi connectivity index (χ1) is 15.2. The van der Waals surface area contributed by atoms with Crippen molar-refractivity contribution in [3.05, 3.63) is 58.1 Å². The normalized spacial score (nSPS) is 17.1. The predicted molar refractivity (Wildman–Crippen MR) is 121 cm³/mol. The molecule has 0 radical (unpaired) electrons. The lowest BCUT2D eigenvalue weighted by atomic mass is 10.1. The first kappa shape index (κ1) is 24.2. The summed E-state index contributed by atoms with van der Waals surface area (Å²) in [5.74, 6) is -0.355. The zero-order valence-corrected chi connectivity index (χ0v) is 19.6. The van der Waals surface area contributed by atoms with Crippen LogP contribution < -0.4 is 10.5 Å². The number of hydrogen-bond donors (Lipinski definition) is 3. The fourth-order valence-electron chi connectivity index (χ4n) is 3.01. The van der Waals surface area contributed by atoms with Gasteiger partial charge in [-0.1, -0.05) is 23.4 Å². The SMILES string of the molecule is NS(=O)(=O)c1ccc(CNC(=O)/C(Cc2ccc(O)c(Br)c2)=N/OC2CCCCO2)cc1. The number of nitrogens with zero attached hydrogens (tertiary/aromatic N) is 1. The van der Waals surface area contributed by atoms with Gasteiger partial charge in [-0.05, 0) is 64.2 Å². The van der Waals surface area contributed by atoms with Crippen LogP contribution in [0.1, 0.15) is 30.4 Å². The molecule has 3 rings (SSSR count). The smallest absolute Gasteiger partial charge is 0.269 e. The fraction of sp³-hybridized carbons (Fsp3) is 0.333. The van der Waals surface area contributed by atoms with E-state index in [4.69, 9.17) is 14.7 Å². The van der Waals surface area contributed by atoms with Gasteiger partial charge in [0.1, 0.15) is 11.5 Å². The molecule has 0 spiro atoms. The van der Waals surface area contributed by atoms with E-state index in [2.05, 4.69) is 26.4 Å². The van der Waals surface area contributed by atoms with Gasteiger partial charge in [-0.2, -0.15) is 0 Å². The minimum atomic E-state index is -3.78. The summed E-state index contributed by atoms with van der Waals surface area (Å²) in [5, 5.41) is 21.6. The molecule has 0 aliphatic carbocycles. The summed E-state index contributed by atoms with van der Waals surface area (Å²) < 4.78 is 28.7. The molecule has 172 valence electrons. The van der Waals surface area contributed by atoms with Gasteiger partial charge in [0.25, 0.3) is 5.91 Å². The van der Waals surface area contributed by atoms with Crippen molar-refractivity contribution in [1.29, 1.82) is 0 Å². The lowest BCUT2D eigenvalue weighted by Gasteiger charge is -2.20. The first-order valence-corrected chi connectivity index (χ1v) is 12.3. The van der Waals surface area contributed by atoms with Crippen LogP contribution in [0, 0.1) is 0 Å². The Bertz CT molecular complexity index is 1080. The van der Waals surface area contributed by atoms with Gasteiger partial charge in [0, 0.05) is 19.4 Å². The molecule has 1 heterocycles. The molecule has 2 aromatic carbocycles. The lowest BCUT2D eigenvalue weighted by Crippen LogP contribution is -2.33. The molecular weight excluding hydrogens is 502 g/mol. The van der Waals surface area contributed by atoms with Crippen molar-refractivity contribution in [1.82, 2.24) is 5.32 Å². The standard InChI is InChI=1S/C21H24BrN3O6S/c22-17-11-15(6-9-19(17)26)12-18(25-31-20-3-1-2-10-30-20)21(27)24-13-14-4-7-16(8-5-14)32(23,28)29/h4-9,11,20,26H,1-3,10,12-13H2,(H,24,27)(H2,23,28,29)/b25-18+. The average molecular weight is 526 g/mol. The van der Waals surface area contributed by atoms with Crippen molar-refractivity contribution >= 4 is 37.6 Å². The number of aromatic hydroxyl groups is 1. The Kier molecular flexibility index (Phi) is 8.24. The van der Waals surface area contributed by atoms with Crippen LogP contribution in [0.5, 0.6) is 5.75 Å². The van der Waals surface area contributed by atoms with Gasteiger partial charge < -0.3 is 20.0 Å². The number of amides is 1. The van der Waals surface area contributed by atoms with Crippen LogP contribution >= 0.6 is 15.9 Å². The van der Waals surface area contributed by atoms with Gasteiger partial charge in [-0.15, -0.1) is 0 Å². The summed E-state index contributed by atoms with van der Waals surface area (Å²) >= 11 is 3.26. The monoisotopic (exact) mass is 525 g/mol. The second-order valence-corrected chi connectivity index (χ2v) is 9.69. The number of halogens is 1. The third-order valence-corrected chi connectivity index (χ3v) is 6.33. The van der Waals surface area contributed by atoms with Crippen LogP contribution in [-0.4, -0.2) is 38.0 Å². The van der Waals surface area contributed by atoms with E-state index in [0.717, 1.165) is 18.4 Å². The molecular formula is C21H24BrN3O6S. The third kappa shape index (κ3) is 7.02. The highest BCUT2D eigenvalue weighted by Gasteiger charge is 2.18. The molecule has 1 aliphatic heterocycles. The number of phenolic OH excluding ortho intramolecular Hbond substituents is 1.